The van der Waals surface area contributed by atoms with Gasteiger partial charge in [-0.05, 0) is 31.7 Å². The molecule has 1 fully saturated rings. The first kappa shape index (κ1) is 15.9. The number of hydrogen-bond acceptors (Lipinski definition) is 3. The minimum absolute atomic E-state index is 0.378. The highest BCUT2D eigenvalue weighted by molar-refractivity contribution is 4.63. The second-order valence-electron chi connectivity index (χ2n) is 5.49. The van der Waals surface area contributed by atoms with E-state index >= 15 is 0 Å². The first-order chi connectivity index (χ1) is 8.86. The zero-order valence-corrected chi connectivity index (χ0v) is 12.1. The topological polar surface area (TPSA) is 32.7 Å². The van der Waals surface area contributed by atoms with Crippen molar-refractivity contribution in [2.24, 2.45) is 5.92 Å². The largest absolute Gasteiger partial charge is 0.396 e. The summed E-state index contributed by atoms with van der Waals surface area (Å²) in [5.74, 6) is 0.549. The molecule has 1 rings (SSSR count). The molecular formula is C15H31NO2. The molecule has 0 radical (unpaired) electrons. The van der Waals surface area contributed by atoms with Gasteiger partial charge < -0.3 is 9.84 Å². The van der Waals surface area contributed by atoms with Crippen LogP contribution in [-0.4, -0.2) is 49.5 Å². The van der Waals surface area contributed by atoms with Gasteiger partial charge in [-0.25, -0.2) is 0 Å². The number of nitrogens with zero attached hydrogens (tertiary/aromatic N) is 1. The smallest absolute Gasteiger partial charge is 0.0594 e. The lowest BCUT2D eigenvalue weighted by atomic mass is 9.96. The molecule has 0 aliphatic carbocycles. The highest BCUT2D eigenvalue weighted by Gasteiger charge is 2.10. The van der Waals surface area contributed by atoms with Gasteiger partial charge in [0.15, 0.2) is 0 Å². The van der Waals surface area contributed by atoms with E-state index in [1.165, 1.54) is 51.5 Å². The van der Waals surface area contributed by atoms with Crippen LogP contribution in [0.1, 0.15) is 51.9 Å². The summed E-state index contributed by atoms with van der Waals surface area (Å²) >= 11 is 0. The van der Waals surface area contributed by atoms with E-state index in [4.69, 9.17) is 4.74 Å². The molecule has 1 aliphatic rings. The first-order valence-corrected chi connectivity index (χ1v) is 7.77. The van der Waals surface area contributed by atoms with E-state index in [-0.39, 0.29) is 0 Å². The number of morpholine rings is 1. The normalized spacial score (nSPS) is 19.0. The lowest BCUT2D eigenvalue weighted by Gasteiger charge is -2.26. The Kier molecular flexibility index (Phi) is 9.54. The molecule has 1 saturated heterocycles. The van der Waals surface area contributed by atoms with Crippen molar-refractivity contribution in [3.8, 4) is 0 Å². The minimum Gasteiger partial charge on any atom is -0.396 e. The third kappa shape index (κ3) is 7.34. The SMILES string of the molecule is CCCC[C@@H](CO)CCCCCN1CCOCC1. The molecule has 108 valence electrons. The Labute approximate surface area is 113 Å². The van der Waals surface area contributed by atoms with Crippen molar-refractivity contribution in [2.45, 2.75) is 51.9 Å². The van der Waals surface area contributed by atoms with Crippen LogP contribution in [-0.2, 0) is 4.74 Å². The zero-order valence-electron chi connectivity index (χ0n) is 12.1. The maximum atomic E-state index is 9.29. The Bertz CT molecular complexity index is 181. The lowest BCUT2D eigenvalue weighted by Crippen LogP contribution is -2.36. The van der Waals surface area contributed by atoms with E-state index in [2.05, 4.69) is 11.8 Å². The van der Waals surface area contributed by atoms with Gasteiger partial charge >= 0.3 is 0 Å². The summed E-state index contributed by atoms with van der Waals surface area (Å²) in [5, 5.41) is 9.29. The number of unbranched alkanes of at least 4 members (excludes halogenated alkanes) is 3. The van der Waals surface area contributed by atoms with Gasteiger partial charge in [0, 0.05) is 19.7 Å². The molecule has 3 heteroatoms. The molecule has 0 amide bonds. The molecule has 1 aliphatic heterocycles. The Hall–Kier alpha value is -0.120. The highest BCUT2D eigenvalue weighted by atomic mass is 16.5. The van der Waals surface area contributed by atoms with Gasteiger partial charge in [-0.15, -0.1) is 0 Å². The van der Waals surface area contributed by atoms with Crippen molar-refractivity contribution >= 4 is 0 Å². The maximum absolute atomic E-state index is 9.29. The van der Waals surface area contributed by atoms with Crippen molar-refractivity contribution in [2.75, 3.05) is 39.5 Å². The third-order valence-electron chi connectivity index (χ3n) is 3.91. The molecule has 0 aromatic carbocycles. The number of ether oxygens (including phenoxy) is 1. The average molecular weight is 257 g/mol. The summed E-state index contributed by atoms with van der Waals surface area (Å²) in [6, 6.07) is 0. The Morgan fingerprint density at radius 1 is 1.06 bits per heavy atom. The molecule has 0 unspecified atom stereocenters. The van der Waals surface area contributed by atoms with E-state index in [0.29, 0.717) is 12.5 Å². The summed E-state index contributed by atoms with van der Waals surface area (Å²) < 4.78 is 5.34. The van der Waals surface area contributed by atoms with Gasteiger partial charge in [-0.2, -0.15) is 0 Å². The van der Waals surface area contributed by atoms with Gasteiger partial charge in [0.1, 0.15) is 0 Å². The van der Waals surface area contributed by atoms with Crippen LogP contribution in [0.3, 0.4) is 0 Å². The maximum Gasteiger partial charge on any atom is 0.0594 e. The standard InChI is InChI=1S/C15H31NO2/c1-2-3-7-15(14-17)8-5-4-6-9-16-10-12-18-13-11-16/h15,17H,2-14H2,1H3/t15-/m1/s1. The predicted molar refractivity (Wildman–Crippen MR) is 75.8 cm³/mol. The van der Waals surface area contributed by atoms with E-state index in [1.54, 1.807) is 0 Å². The number of hydrogen-bond donors (Lipinski definition) is 1. The summed E-state index contributed by atoms with van der Waals surface area (Å²) in [5.41, 5.74) is 0. The fourth-order valence-electron chi connectivity index (χ4n) is 2.59. The van der Waals surface area contributed by atoms with Crippen LogP contribution in [0.5, 0.6) is 0 Å². The summed E-state index contributed by atoms with van der Waals surface area (Å²) in [4.78, 5) is 2.50. The number of rotatable bonds is 10. The zero-order chi connectivity index (χ0) is 13.1. The molecule has 0 aromatic rings. The molecule has 1 N–H and O–H groups in total. The van der Waals surface area contributed by atoms with Gasteiger partial charge in [-0.3, -0.25) is 4.90 Å². The van der Waals surface area contributed by atoms with Gasteiger partial charge in [0.25, 0.3) is 0 Å². The average Bonchev–Trinajstić information content (AvgIpc) is 2.43. The molecule has 3 nitrogen and oxygen atoms in total. The summed E-state index contributed by atoms with van der Waals surface area (Å²) in [6.45, 7) is 7.85. The number of aliphatic hydroxyl groups excluding tert-OH is 1. The van der Waals surface area contributed by atoms with Gasteiger partial charge in [0.2, 0.25) is 0 Å². The second kappa shape index (κ2) is 10.8. The van der Waals surface area contributed by atoms with Crippen molar-refractivity contribution < 1.29 is 9.84 Å². The molecule has 18 heavy (non-hydrogen) atoms. The monoisotopic (exact) mass is 257 g/mol. The summed E-state index contributed by atoms with van der Waals surface area (Å²) in [6.07, 6.45) is 8.80. The van der Waals surface area contributed by atoms with Gasteiger partial charge in [0.05, 0.1) is 13.2 Å². The molecular weight excluding hydrogens is 226 g/mol. The molecule has 0 bridgehead atoms. The Balaban J connectivity index is 1.93. The number of aliphatic hydroxyl groups is 1. The fourth-order valence-corrected chi connectivity index (χ4v) is 2.59. The molecule has 0 aromatic heterocycles. The van der Waals surface area contributed by atoms with E-state index in [0.717, 1.165) is 26.3 Å². The Morgan fingerprint density at radius 3 is 2.44 bits per heavy atom. The van der Waals surface area contributed by atoms with Crippen LogP contribution in [0.15, 0.2) is 0 Å². The van der Waals surface area contributed by atoms with Gasteiger partial charge in [-0.1, -0.05) is 32.6 Å². The lowest BCUT2D eigenvalue weighted by molar-refractivity contribution is 0.0370. The van der Waals surface area contributed by atoms with Crippen molar-refractivity contribution in [3.05, 3.63) is 0 Å². The molecule has 0 spiro atoms. The minimum atomic E-state index is 0.378. The van der Waals surface area contributed by atoms with Crippen LogP contribution in [0.4, 0.5) is 0 Å². The third-order valence-corrected chi connectivity index (χ3v) is 3.91. The van der Waals surface area contributed by atoms with E-state index in [9.17, 15) is 5.11 Å². The van der Waals surface area contributed by atoms with Crippen LogP contribution in [0, 0.1) is 5.92 Å². The second-order valence-corrected chi connectivity index (χ2v) is 5.49. The first-order valence-electron chi connectivity index (χ1n) is 7.77. The summed E-state index contributed by atoms with van der Waals surface area (Å²) in [7, 11) is 0. The quantitative estimate of drug-likeness (QED) is 0.611. The molecule has 1 heterocycles. The van der Waals surface area contributed by atoms with Crippen molar-refractivity contribution in [3.63, 3.8) is 0 Å². The predicted octanol–water partition coefficient (Wildman–Crippen LogP) is 2.68. The molecule has 0 saturated carbocycles. The highest BCUT2D eigenvalue weighted by Crippen LogP contribution is 2.16. The van der Waals surface area contributed by atoms with Crippen LogP contribution >= 0.6 is 0 Å². The van der Waals surface area contributed by atoms with Crippen molar-refractivity contribution in [1.82, 2.24) is 4.90 Å². The Morgan fingerprint density at radius 2 is 1.78 bits per heavy atom. The van der Waals surface area contributed by atoms with Crippen LogP contribution in [0.25, 0.3) is 0 Å². The van der Waals surface area contributed by atoms with Crippen LogP contribution < -0.4 is 0 Å². The van der Waals surface area contributed by atoms with Crippen LogP contribution in [0.2, 0.25) is 0 Å². The molecule has 1 atom stereocenters. The van der Waals surface area contributed by atoms with E-state index < -0.39 is 0 Å². The van der Waals surface area contributed by atoms with Crippen molar-refractivity contribution in [1.29, 1.82) is 0 Å². The van der Waals surface area contributed by atoms with E-state index in [1.807, 2.05) is 0 Å². The fraction of sp³-hybridized carbons (Fsp3) is 1.00.